The third-order valence-electron chi connectivity index (χ3n) is 3.69. The molecule has 3 aromatic rings. The molecule has 0 aliphatic heterocycles. The van der Waals surface area contributed by atoms with E-state index in [2.05, 4.69) is 10.1 Å². The molecule has 0 radical (unpaired) electrons. The summed E-state index contributed by atoms with van der Waals surface area (Å²) in [5, 5.41) is 5.30. The maximum Gasteiger partial charge on any atom is 0.278 e. The fraction of sp³-hybridized carbons (Fsp3) is 0.235. The summed E-state index contributed by atoms with van der Waals surface area (Å²) in [5.74, 6) is -0.114. The van der Waals surface area contributed by atoms with Crippen LogP contribution in [0.3, 0.4) is 0 Å². The largest absolute Gasteiger partial charge is 0.329 e. The van der Waals surface area contributed by atoms with Crippen LogP contribution in [-0.2, 0) is 7.05 Å². The number of rotatable bonds is 3. The molecule has 0 atom stereocenters. The normalized spacial score (nSPS) is 11.0. The molecule has 2 aromatic heterocycles. The Hall–Kier alpha value is -2.34. The quantitative estimate of drug-likeness (QED) is 0.740. The molecule has 1 aromatic carbocycles. The van der Waals surface area contributed by atoms with E-state index in [1.165, 1.54) is 16.4 Å². The highest BCUT2D eigenvalue weighted by Gasteiger charge is 2.19. The molecule has 0 aliphatic carbocycles. The van der Waals surface area contributed by atoms with Gasteiger partial charge in [-0.15, -0.1) is 0 Å². The van der Waals surface area contributed by atoms with Crippen molar-refractivity contribution in [2.24, 2.45) is 7.05 Å². The number of nitrogens with zero attached hydrogens (tertiary/aromatic N) is 4. The Bertz CT molecular complexity index is 861. The van der Waals surface area contributed by atoms with Crippen LogP contribution in [0.2, 0.25) is 0 Å². The van der Waals surface area contributed by atoms with Gasteiger partial charge in [0.05, 0.1) is 16.3 Å². The molecule has 0 bridgehead atoms. The van der Waals surface area contributed by atoms with E-state index in [1.807, 2.05) is 62.8 Å². The molecule has 0 aliphatic rings. The Labute approximate surface area is 139 Å². The molecule has 0 saturated carbocycles. The van der Waals surface area contributed by atoms with Gasteiger partial charge in [0.15, 0.2) is 5.16 Å². The topological polar surface area (TPSA) is 52.7 Å². The highest BCUT2D eigenvalue weighted by atomic mass is 32.2. The van der Waals surface area contributed by atoms with Gasteiger partial charge in [0.1, 0.15) is 0 Å². The van der Waals surface area contributed by atoms with Crippen molar-refractivity contribution >= 4 is 17.7 Å². The van der Waals surface area contributed by atoms with Crippen LogP contribution in [-0.4, -0.2) is 25.2 Å². The van der Waals surface area contributed by atoms with E-state index in [1.54, 1.807) is 6.20 Å². The molecule has 2 heterocycles. The molecule has 0 spiro atoms. The van der Waals surface area contributed by atoms with Crippen molar-refractivity contribution in [3.63, 3.8) is 0 Å². The van der Waals surface area contributed by atoms with Gasteiger partial charge in [0, 0.05) is 25.0 Å². The van der Waals surface area contributed by atoms with E-state index in [4.69, 9.17) is 0 Å². The third-order valence-corrected chi connectivity index (χ3v) is 5.06. The SMILES string of the molecule is Cc1ccc(C(=O)n2nc(C)c(Sc3nccn3C)c2C)cc1. The molecule has 0 N–H and O–H groups in total. The highest BCUT2D eigenvalue weighted by Crippen LogP contribution is 2.31. The third kappa shape index (κ3) is 2.94. The van der Waals surface area contributed by atoms with Crippen molar-refractivity contribution < 1.29 is 4.79 Å². The summed E-state index contributed by atoms with van der Waals surface area (Å²) < 4.78 is 3.42. The van der Waals surface area contributed by atoms with E-state index in [9.17, 15) is 4.79 Å². The van der Waals surface area contributed by atoms with E-state index in [-0.39, 0.29) is 5.91 Å². The maximum absolute atomic E-state index is 12.7. The first-order valence-corrected chi connectivity index (χ1v) is 8.12. The van der Waals surface area contributed by atoms with Gasteiger partial charge in [0.2, 0.25) is 0 Å². The molecule has 0 amide bonds. The van der Waals surface area contributed by atoms with E-state index < -0.39 is 0 Å². The van der Waals surface area contributed by atoms with Crippen molar-refractivity contribution in [2.45, 2.75) is 30.8 Å². The fourth-order valence-electron chi connectivity index (χ4n) is 2.33. The first kappa shape index (κ1) is 15.6. The number of carbonyl (C=O) groups excluding carboxylic acids is 1. The Morgan fingerprint density at radius 3 is 2.43 bits per heavy atom. The molecule has 118 valence electrons. The number of aryl methyl sites for hydroxylation is 3. The summed E-state index contributed by atoms with van der Waals surface area (Å²) >= 11 is 1.53. The molecular formula is C17H18N4OS. The summed E-state index contributed by atoms with van der Waals surface area (Å²) in [4.78, 5) is 18.0. The average Bonchev–Trinajstić information content (AvgIpc) is 3.06. The van der Waals surface area contributed by atoms with Gasteiger partial charge in [-0.05, 0) is 44.7 Å². The smallest absolute Gasteiger partial charge is 0.278 e. The molecule has 0 unspecified atom stereocenters. The second-order valence-electron chi connectivity index (χ2n) is 5.51. The maximum atomic E-state index is 12.7. The lowest BCUT2D eigenvalue weighted by Crippen LogP contribution is -2.15. The Morgan fingerprint density at radius 1 is 1.13 bits per heavy atom. The van der Waals surface area contributed by atoms with Crippen LogP contribution < -0.4 is 0 Å². The van der Waals surface area contributed by atoms with Crippen molar-refractivity contribution in [2.75, 3.05) is 0 Å². The summed E-state index contributed by atoms with van der Waals surface area (Å²) in [6.07, 6.45) is 3.66. The van der Waals surface area contributed by atoms with Crippen LogP contribution >= 0.6 is 11.8 Å². The standard InChI is InChI=1S/C17H18N4OS/c1-11-5-7-14(8-6-11)16(22)21-13(3)15(12(2)19-21)23-17-18-9-10-20(17)4/h5-10H,1-4H3. The fourth-order valence-corrected chi connectivity index (χ4v) is 3.26. The van der Waals surface area contributed by atoms with Crippen LogP contribution in [0.15, 0.2) is 46.7 Å². The minimum atomic E-state index is -0.114. The van der Waals surface area contributed by atoms with Crippen molar-refractivity contribution in [3.05, 3.63) is 59.2 Å². The van der Waals surface area contributed by atoms with Crippen molar-refractivity contribution in [3.8, 4) is 0 Å². The van der Waals surface area contributed by atoms with Crippen molar-refractivity contribution in [1.29, 1.82) is 0 Å². The van der Waals surface area contributed by atoms with Crippen LogP contribution in [0, 0.1) is 20.8 Å². The monoisotopic (exact) mass is 326 g/mol. The summed E-state index contributed by atoms with van der Waals surface area (Å²) in [5.41, 5.74) is 3.42. The number of aromatic nitrogens is 4. The van der Waals surface area contributed by atoms with Crippen molar-refractivity contribution in [1.82, 2.24) is 19.3 Å². The molecular weight excluding hydrogens is 308 g/mol. The number of imidazole rings is 1. The summed E-state index contributed by atoms with van der Waals surface area (Å²) in [6.45, 7) is 5.83. The predicted octanol–water partition coefficient (Wildman–Crippen LogP) is 3.38. The van der Waals surface area contributed by atoms with Crippen LogP contribution in [0.4, 0.5) is 0 Å². The zero-order chi connectivity index (χ0) is 16.6. The van der Waals surface area contributed by atoms with Crippen LogP contribution in [0.1, 0.15) is 27.3 Å². The van der Waals surface area contributed by atoms with Crippen LogP contribution in [0.25, 0.3) is 0 Å². The van der Waals surface area contributed by atoms with Gasteiger partial charge < -0.3 is 4.57 Å². The predicted molar refractivity (Wildman–Crippen MR) is 89.9 cm³/mol. The summed E-state index contributed by atoms with van der Waals surface area (Å²) in [7, 11) is 1.95. The molecule has 6 heteroatoms. The average molecular weight is 326 g/mol. The van der Waals surface area contributed by atoms with E-state index >= 15 is 0 Å². The Morgan fingerprint density at radius 2 is 1.83 bits per heavy atom. The lowest BCUT2D eigenvalue weighted by atomic mass is 10.1. The first-order chi connectivity index (χ1) is 11.0. The zero-order valence-corrected chi connectivity index (χ0v) is 14.4. The van der Waals surface area contributed by atoms with Gasteiger partial charge in [-0.3, -0.25) is 4.79 Å². The van der Waals surface area contributed by atoms with Gasteiger partial charge in [-0.2, -0.15) is 9.78 Å². The number of carbonyl (C=O) groups is 1. The molecule has 0 saturated heterocycles. The van der Waals surface area contributed by atoms with Gasteiger partial charge in [-0.1, -0.05) is 17.7 Å². The van der Waals surface area contributed by atoms with Gasteiger partial charge in [-0.25, -0.2) is 4.98 Å². The molecule has 5 nitrogen and oxygen atoms in total. The Kier molecular flexibility index (Phi) is 4.09. The molecule has 3 rings (SSSR count). The minimum Gasteiger partial charge on any atom is -0.329 e. The minimum absolute atomic E-state index is 0.114. The van der Waals surface area contributed by atoms with Gasteiger partial charge >= 0.3 is 0 Å². The summed E-state index contributed by atoms with van der Waals surface area (Å²) in [6, 6.07) is 7.53. The Balaban J connectivity index is 1.95. The number of hydrogen-bond acceptors (Lipinski definition) is 4. The van der Waals surface area contributed by atoms with Gasteiger partial charge in [0.25, 0.3) is 5.91 Å². The zero-order valence-electron chi connectivity index (χ0n) is 13.6. The van der Waals surface area contributed by atoms with E-state index in [0.717, 1.165) is 27.0 Å². The second-order valence-corrected chi connectivity index (χ2v) is 6.48. The second kappa shape index (κ2) is 6.04. The molecule has 23 heavy (non-hydrogen) atoms. The first-order valence-electron chi connectivity index (χ1n) is 7.30. The number of benzene rings is 1. The highest BCUT2D eigenvalue weighted by molar-refractivity contribution is 7.99. The van der Waals surface area contributed by atoms with E-state index in [0.29, 0.717) is 5.56 Å². The lowest BCUT2D eigenvalue weighted by molar-refractivity contribution is 0.0942. The number of hydrogen-bond donors (Lipinski definition) is 0. The lowest BCUT2D eigenvalue weighted by Gasteiger charge is -2.05. The van der Waals surface area contributed by atoms with Crippen LogP contribution in [0.5, 0.6) is 0 Å². The molecule has 0 fully saturated rings.